The maximum Gasteiger partial charge on any atom is 0.329 e. The number of hydrogen-bond donors (Lipinski definition) is 2. The number of aromatic amines is 1. The van der Waals surface area contributed by atoms with E-state index in [0.29, 0.717) is 23.7 Å². The molecule has 1 aromatic heterocycles. The maximum absolute atomic E-state index is 13.1. The summed E-state index contributed by atoms with van der Waals surface area (Å²) >= 11 is 6.15. The van der Waals surface area contributed by atoms with Crippen molar-refractivity contribution in [2.24, 2.45) is 0 Å². The fourth-order valence-electron chi connectivity index (χ4n) is 3.33. The molecule has 0 aliphatic carbocycles. The smallest absolute Gasteiger partial charge is 0.329 e. The number of amides is 2. The van der Waals surface area contributed by atoms with Crippen molar-refractivity contribution in [3.63, 3.8) is 0 Å². The summed E-state index contributed by atoms with van der Waals surface area (Å²) in [7, 11) is 2.39. The highest BCUT2D eigenvalue weighted by Gasteiger charge is 2.36. The predicted molar refractivity (Wildman–Crippen MR) is 103 cm³/mol. The first-order chi connectivity index (χ1) is 13.9. The zero-order chi connectivity index (χ0) is 21.0. The van der Waals surface area contributed by atoms with E-state index in [1.54, 1.807) is 29.4 Å². The van der Waals surface area contributed by atoms with Gasteiger partial charge in [0.05, 0.1) is 32.7 Å². The second-order valence-electron chi connectivity index (χ2n) is 6.47. The van der Waals surface area contributed by atoms with Crippen LogP contribution in [0.2, 0.25) is 5.02 Å². The predicted octanol–water partition coefficient (Wildman–Crippen LogP) is 1.82. The van der Waals surface area contributed by atoms with Crippen LogP contribution in [0.3, 0.4) is 0 Å². The Kier molecular flexibility index (Phi) is 6.38. The van der Waals surface area contributed by atoms with E-state index in [9.17, 15) is 14.4 Å². The summed E-state index contributed by atoms with van der Waals surface area (Å²) in [5.74, 6) is -1.37. The van der Waals surface area contributed by atoms with Crippen molar-refractivity contribution in [2.75, 3.05) is 20.8 Å². The van der Waals surface area contributed by atoms with Crippen molar-refractivity contribution in [2.45, 2.75) is 24.9 Å². The molecule has 2 amide bonds. The number of nitrogens with one attached hydrogen (secondary N) is 2. The zero-order valence-electron chi connectivity index (χ0n) is 16.0. The first kappa shape index (κ1) is 20.7. The minimum absolute atomic E-state index is 0.335. The molecule has 0 spiro atoms. The number of hydrogen-bond acceptors (Lipinski definition) is 6. The first-order valence-corrected chi connectivity index (χ1v) is 9.31. The Balaban J connectivity index is 1.89. The fraction of sp³-hybridized carbons (Fsp3) is 0.368. The number of rotatable bonds is 5. The number of nitrogens with zero attached hydrogens (tertiary/aromatic N) is 2. The normalized spacial score (nSPS) is 16.5. The SMILES string of the molecule is COC(=O)C[C@H](NC(=O)N1CCc2[nH]cnc2[C@H]1c1cccc(Cl)c1)C(=O)OC. The number of fused-ring (bicyclic) bond motifs is 1. The van der Waals surface area contributed by atoms with Gasteiger partial charge in [-0.1, -0.05) is 23.7 Å². The van der Waals surface area contributed by atoms with Gasteiger partial charge < -0.3 is 24.7 Å². The number of ether oxygens (including phenoxy) is 2. The van der Waals surface area contributed by atoms with Crippen LogP contribution >= 0.6 is 11.6 Å². The lowest BCUT2D eigenvalue weighted by molar-refractivity contribution is -0.149. The van der Waals surface area contributed by atoms with Crippen LogP contribution in [0.25, 0.3) is 0 Å². The molecular weight excluding hydrogens is 400 g/mol. The molecule has 154 valence electrons. The molecule has 1 aliphatic rings. The van der Waals surface area contributed by atoms with E-state index in [2.05, 4.69) is 20.0 Å². The van der Waals surface area contributed by atoms with E-state index in [0.717, 1.165) is 11.3 Å². The van der Waals surface area contributed by atoms with Crippen LogP contribution in [-0.4, -0.2) is 59.6 Å². The summed E-state index contributed by atoms with van der Waals surface area (Å²) in [5.41, 5.74) is 2.41. The molecule has 0 radical (unpaired) electrons. The molecule has 0 saturated carbocycles. The quantitative estimate of drug-likeness (QED) is 0.713. The molecule has 2 aromatic rings. The Labute approximate surface area is 172 Å². The Hall–Kier alpha value is -3.07. The van der Waals surface area contributed by atoms with Gasteiger partial charge in [-0.2, -0.15) is 0 Å². The van der Waals surface area contributed by atoms with Crippen LogP contribution < -0.4 is 5.32 Å². The van der Waals surface area contributed by atoms with Gasteiger partial charge in [-0.3, -0.25) is 4.79 Å². The van der Waals surface area contributed by atoms with Crippen molar-refractivity contribution in [3.05, 3.63) is 52.6 Å². The van der Waals surface area contributed by atoms with Gasteiger partial charge in [-0.15, -0.1) is 0 Å². The topological polar surface area (TPSA) is 114 Å². The van der Waals surface area contributed by atoms with E-state index >= 15 is 0 Å². The van der Waals surface area contributed by atoms with Crippen molar-refractivity contribution in [1.82, 2.24) is 20.2 Å². The molecule has 10 heteroatoms. The fourth-order valence-corrected chi connectivity index (χ4v) is 3.53. The summed E-state index contributed by atoms with van der Waals surface area (Å²) < 4.78 is 9.30. The van der Waals surface area contributed by atoms with Crippen molar-refractivity contribution >= 4 is 29.6 Å². The van der Waals surface area contributed by atoms with Gasteiger partial charge >= 0.3 is 18.0 Å². The Morgan fingerprint density at radius 2 is 2.14 bits per heavy atom. The van der Waals surface area contributed by atoms with Gasteiger partial charge in [-0.05, 0) is 17.7 Å². The third-order valence-electron chi connectivity index (χ3n) is 4.73. The average molecular weight is 421 g/mol. The van der Waals surface area contributed by atoms with Crippen LogP contribution in [0.4, 0.5) is 4.79 Å². The van der Waals surface area contributed by atoms with E-state index in [1.165, 1.54) is 14.2 Å². The van der Waals surface area contributed by atoms with E-state index in [4.69, 9.17) is 16.3 Å². The molecule has 0 unspecified atom stereocenters. The second-order valence-corrected chi connectivity index (χ2v) is 6.91. The molecule has 2 heterocycles. The van der Waals surface area contributed by atoms with E-state index < -0.39 is 30.1 Å². The number of carbonyl (C=O) groups excluding carboxylic acids is 3. The number of urea groups is 1. The summed E-state index contributed by atoms with van der Waals surface area (Å²) in [6.07, 6.45) is 1.82. The van der Waals surface area contributed by atoms with Crippen molar-refractivity contribution < 1.29 is 23.9 Å². The first-order valence-electron chi connectivity index (χ1n) is 8.94. The van der Waals surface area contributed by atoms with Crippen LogP contribution in [0.1, 0.15) is 29.4 Å². The minimum atomic E-state index is -1.17. The highest BCUT2D eigenvalue weighted by Crippen LogP contribution is 2.34. The molecule has 2 atom stereocenters. The van der Waals surface area contributed by atoms with E-state index in [-0.39, 0.29) is 6.42 Å². The van der Waals surface area contributed by atoms with Gasteiger partial charge in [0.25, 0.3) is 0 Å². The second kappa shape index (κ2) is 8.95. The standard InChI is InChI=1S/C19H21ClN4O5/c1-28-15(25)9-14(18(26)29-2)23-19(27)24-7-6-13-16(22-10-21-13)17(24)11-4-3-5-12(20)8-11/h3-5,8,10,14,17H,6-7,9H2,1-2H3,(H,21,22)(H,23,27)/t14-,17+/m0/s1. The zero-order valence-corrected chi connectivity index (χ0v) is 16.7. The van der Waals surface area contributed by atoms with Crippen molar-refractivity contribution in [1.29, 1.82) is 0 Å². The molecule has 1 aromatic carbocycles. The third-order valence-corrected chi connectivity index (χ3v) is 4.97. The Morgan fingerprint density at radius 3 is 2.83 bits per heavy atom. The summed E-state index contributed by atoms with van der Waals surface area (Å²) in [6.45, 7) is 0.379. The molecule has 2 N–H and O–H groups in total. The molecule has 9 nitrogen and oxygen atoms in total. The lowest BCUT2D eigenvalue weighted by Crippen LogP contribution is -2.52. The number of carbonyl (C=O) groups is 3. The largest absolute Gasteiger partial charge is 0.469 e. The highest BCUT2D eigenvalue weighted by atomic mass is 35.5. The number of aromatic nitrogens is 2. The average Bonchev–Trinajstić information content (AvgIpc) is 3.20. The maximum atomic E-state index is 13.1. The monoisotopic (exact) mass is 420 g/mol. The molecule has 0 fully saturated rings. The molecule has 0 saturated heterocycles. The van der Waals surface area contributed by atoms with Crippen LogP contribution in [0, 0.1) is 0 Å². The third kappa shape index (κ3) is 4.51. The van der Waals surface area contributed by atoms with Crippen molar-refractivity contribution in [3.8, 4) is 0 Å². The summed E-state index contributed by atoms with van der Waals surface area (Å²) in [6, 6.07) is 4.97. The summed E-state index contributed by atoms with van der Waals surface area (Å²) in [5, 5.41) is 3.11. The Morgan fingerprint density at radius 1 is 1.34 bits per heavy atom. The molecular formula is C19H21ClN4O5. The van der Waals surface area contributed by atoms with E-state index in [1.807, 2.05) is 6.07 Å². The number of imidazole rings is 1. The van der Waals surface area contributed by atoms with Crippen LogP contribution in [-0.2, 0) is 25.5 Å². The number of benzene rings is 1. The number of H-pyrrole nitrogens is 1. The highest BCUT2D eigenvalue weighted by molar-refractivity contribution is 6.30. The molecule has 3 rings (SSSR count). The molecule has 0 bridgehead atoms. The van der Waals surface area contributed by atoms with Crippen LogP contribution in [0.15, 0.2) is 30.6 Å². The van der Waals surface area contributed by atoms with Crippen LogP contribution in [0.5, 0.6) is 0 Å². The molecule has 29 heavy (non-hydrogen) atoms. The minimum Gasteiger partial charge on any atom is -0.469 e. The number of esters is 2. The molecule has 1 aliphatic heterocycles. The number of methoxy groups -OCH3 is 2. The van der Waals surface area contributed by atoms with Gasteiger partial charge in [0, 0.05) is 23.7 Å². The number of halogens is 1. The summed E-state index contributed by atoms with van der Waals surface area (Å²) in [4.78, 5) is 45.8. The van der Waals surface area contributed by atoms with Gasteiger partial charge in [-0.25, -0.2) is 14.6 Å². The Bertz CT molecular complexity index is 916. The lowest BCUT2D eigenvalue weighted by atomic mass is 9.96. The van der Waals surface area contributed by atoms with Gasteiger partial charge in [0.2, 0.25) is 0 Å². The lowest BCUT2D eigenvalue weighted by Gasteiger charge is -2.36. The van der Waals surface area contributed by atoms with Gasteiger partial charge in [0.15, 0.2) is 0 Å². The van der Waals surface area contributed by atoms with Gasteiger partial charge in [0.1, 0.15) is 12.1 Å².